The second-order valence-corrected chi connectivity index (χ2v) is 15.4. The summed E-state index contributed by atoms with van der Waals surface area (Å²) in [5.74, 6) is 0. The van der Waals surface area contributed by atoms with E-state index < -0.39 is 0 Å². The molecule has 1 heteroatoms. The van der Waals surface area contributed by atoms with Crippen LogP contribution in [0.4, 0.5) is 0 Å². The van der Waals surface area contributed by atoms with Crippen LogP contribution in [0.15, 0.2) is 237 Å². The smallest absolute Gasteiger partial charge is 0.0792 e. The van der Waals surface area contributed by atoms with Gasteiger partial charge in [-0.05, 0) is 112 Å². The van der Waals surface area contributed by atoms with E-state index in [0.29, 0.717) is 0 Å². The topological polar surface area (TPSA) is 12.9 Å². The fourth-order valence-corrected chi connectivity index (χ4v) is 9.31. The van der Waals surface area contributed by atoms with E-state index >= 15 is 0 Å². The largest absolute Gasteiger partial charge is 0.256 e. The summed E-state index contributed by atoms with van der Waals surface area (Å²) < 4.78 is 0. The Morgan fingerprint density at radius 1 is 0.233 bits per heavy atom. The lowest BCUT2D eigenvalue weighted by Gasteiger charge is -2.25. The minimum absolute atomic E-state index is 1.01. The van der Waals surface area contributed by atoms with Crippen molar-refractivity contribution in [2.45, 2.75) is 0 Å². The highest BCUT2D eigenvalue weighted by Crippen LogP contribution is 2.51. The van der Waals surface area contributed by atoms with Gasteiger partial charge >= 0.3 is 0 Å². The zero-order chi connectivity index (χ0) is 39.8. The van der Waals surface area contributed by atoms with Gasteiger partial charge in [-0.1, -0.05) is 212 Å². The number of hydrogen-bond donors (Lipinski definition) is 0. The molecule has 1 heterocycles. The van der Waals surface area contributed by atoms with Crippen molar-refractivity contribution in [3.8, 4) is 78.0 Å². The Bertz CT molecular complexity index is 3270. The summed E-state index contributed by atoms with van der Waals surface area (Å²) in [6.07, 6.45) is 1.94. The van der Waals surface area contributed by atoms with Crippen LogP contribution < -0.4 is 0 Å². The summed E-state index contributed by atoms with van der Waals surface area (Å²) in [4.78, 5) is 5.07. The lowest BCUT2D eigenvalue weighted by molar-refractivity contribution is 1.37. The maximum absolute atomic E-state index is 5.07. The molecule has 0 aliphatic carbocycles. The van der Waals surface area contributed by atoms with Gasteiger partial charge in [-0.15, -0.1) is 0 Å². The molecule has 0 fully saturated rings. The van der Waals surface area contributed by atoms with E-state index in [1.807, 2.05) is 6.20 Å². The van der Waals surface area contributed by atoms with Crippen LogP contribution in [-0.4, -0.2) is 4.98 Å². The molecular weight excluding hydrogens is 723 g/mol. The van der Waals surface area contributed by atoms with Crippen LogP contribution in [0.1, 0.15) is 0 Å². The van der Waals surface area contributed by atoms with Crippen molar-refractivity contribution in [1.82, 2.24) is 4.98 Å². The first-order valence-electron chi connectivity index (χ1n) is 20.6. The first kappa shape index (κ1) is 35.3. The van der Waals surface area contributed by atoms with Crippen molar-refractivity contribution >= 4 is 32.3 Å². The molecule has 60 heavy (non-hydrogen) atoms. The van der Waals surface area contributed by atoms with E-state index in [1.54, 1.807) is 0 Å². The molecule has 0 spiro atoms. The summed E-state index contributed by atoms with van der Waals surface area (Å²) in [5, 5.41) is 7.13. The fraction of sp³-hybridized carbons (Fsp3) is 0. The van der Waals surface area contributed by atoms with Gasteiger partial charge in [0.2, 0.25) is 0 Å². The third-order valence-corrected chi connectivity index (χ3v) is 11.9. The van der Waals surface area contributed by atoms with Crippen molar-refractivity contribution in [1.29, 1.82) is 0 Å². The predicted octanol–water partition coefficient (Wildman–Crippen LogP) is 16.2. The Kier molecular flexibility index (Phi) is 8.91. The maximum atomic E-state index is 5.07. The number of benzene rings is 10. The van der Waals surface area contributed by atoms with Crippen molar-refractivity contribution in [2.75, 3.05) is 0 Å². The van der Waals surface area contributed by atoms with Gasteiger partial charge in [-0.3, -0.25) is 4.98 Å². The summed E-state index contributed by atoms with van der Waals surface area (Å²) in [5.41, 5.74) is 16.5. The van der Waals surface area contributed by atoms with Crippen LogP contribution in [-0.2, 0) is 0 Å². The Balaban J connectivity index is 1.23. The van der Waals surface area contributed by atoms with Crippen LogP contribution in [0, 0.1) is 0 Å². The van der Waals surface area contributed by atoms with Gasteiger partial charge in [0.05, 0.1) is 5.69 Å². The van der Waals surface area contributed by atoms with E-state index in [2.05, 4.69) is 231 Å². The Hall–Kier alpha value is -7.87. The normalized spacial score (nSPS) is 11.3. The average molecular weight is 762 g/mol. The molecule has 0 saturated heterocycles. The summed E-state index contributed by atoms with van der Waals surface area (Å²) >= 11 is 0. The molecule has 1 aromatic heterocycles. The molecule has 0 bridgehead atoms. The molecule has 1 nitrogen and oxygen atoms in total. The van der Waals surface area contributed by atoms with E-state index in [1.165, 1.54) is 93.7 Å². The van der Waals surface area contributed by atoms with Crippen molar-refractivity contribution < 1.29 is 0 Å². The lowest BCUT2D eigenvalue weighted by atomic mass is 9.78. The van der Waals surface area contributed by atoms with Crippen LogP contribution in [0.25, 0.3) is 110 Å². The number of aromatic nitrogens is 1. The van der Waals surface area contributed by atoms with Gasteiger partial charge in [0, 0.05) is 17.1 Å². The van der Waals surface area contributed by atoms with E-state index in [-0.39, 0.29) is 0 Å². The zero-order valence-corrected chi connectivity index (χ0v) is 33.0. The lowest BCUT2D eigenvalue weighted by Crippen LogP contribution is -1.98. The molecule has 0 aliphatic rings. The van der Waals surface area contributed by atoms with E-state index in [9.17, 15) is 0 Å². The summed E-state index contributed by atoms with van der Waals surface area (Å²) in [6, 6.07) is 83.7. The molecule has 0 radical (unpaired) electrons. The minimum Gasteiger partial charge on any atom is -0.256 e. The number of fused-ring (bicyclic) bond motifs is 3. The minimum atomic E-state index is 1.01. The standard InChI is InChI=1S/C59H39N/c1-5-20-40(21-6-1)52-39-53(56(43-25-9-3-10-26-43)57(44-27-11-4-12-28-44)55(52)42-23-7-2-8-24-42)45-29-19-30-46(38-45)54-48-32-15-17-34-50(48)58(51-35-18-16-33-49(51)54)59-47-31-14-13-22-41(47)36-37-60-59/h1-39H. The number of rotatable bonds is 7. The van der Waals surface area contributed by atoms with Gasteiger partial charge in [0.15, 0.2) is 0 Å². The molecule has 0 atom stereocenters. The second-order valence-electron chi connectivity index (χ2n) is 15.4. The summed E-state index contributed by atoms with van der Waals surface area (Å²) in [7, 11) is 0. The first-order valence-corrected chi connectivity index (χ1v) is 20.6. The average Bonchev–Trinajstić information content (AvgIpc) is 3.33. The summed E-state index contributed by atoms with van der Waals surface area (Å²) in [6.45, 7) is 0. The predicted molar refractivity (Wildman–Crippen MR) is 255 cm³/mol. The van der Waals surface area contributed by atoms with Crippen LogP contribution in [0.2, 0.25) is 0 Å². The van der Waals surface area contributed by atoms with Gasteiger partial charge in [0.25, 0.3) is 0 Å². The first-order chi connectivity index (χ1) is 29.8. The molecule has 0 N–H and O–H groups in total. The third-order valence-electron chi connectivity index (χ3n) is 11.9. The number of hydrogen-bond acceptors (Lipinski definition) is 1. The third kappa shape index (κ3) is 6.08. The van der Waals surface area contributed by atoms with E-state index in [0.717, 1.165) is 16.6 Å². The second kappa shape index (κ2) is 15.1. The number of nitrogens with zero attached hydrogens (tertiary/aromatic N) is 1. The Morgan fingerprint density at radius 2 is 0.633 bits per heavy atom. The van der Waals surface area contributed by atoms with Crippen molar-refractivity contribution in [3.63, 3.8) is 0 Å². The SMILES string of the molecule is c1ccc(-c2cc(-c3cccc(-c4c5ccccc5c(-c5nccc6ccccc56)c5ccccc45)c3)c(-c3ccccc3)c(-c3ccccc3)c2-c2ccccc2)cc1. The molecular formula is C59H39N. The number of pyridine rings is 1. The highest BCUT2D eigenvalue weighted by Gasteiger charge is 2.25. The molecule has 280 valence electrons. The van der Waals surface area contributed by atoms with Gasteiger partial charge in [-0.25, -0.2) is 0 Å². The monoisotopic (exact) mass is 761 g/mol. The Morgan fingerprint density at radius 3 is 1.18 bits per heavy atom. The zero-order valence-electron chi connectivity index (χ0n) is 33.0. The quantitative estimate of drug-likeness (QED) is 0.147. The maximum Gasteiger partial charge on any atom is 0.0792 e. The molecule has 0 aliphatic heterocycles. The van der Waals surface area contributed by atoms with Crippen LogP contribution >= 0.6 is 0 Å². The molecule has 0 unspecified atom stereocenters. The highest BCUT2D eigenvalue weighted by atomic mass is 14.7. The molecule has 0 amide bonds. The fourth-order valence-electron chi connectivity index (χ4n) is 9.31. The molecule has 0 saturated carbocycles. The Labute approximate surface area is 350 Å². The van der Waals surface area contributed by atoms with E-state index in [4.69, 9.17) is 4.98 Å². The highest BCUT2D eigenvalue weighted by molar-refractivity contribution is 6.23. The molecule has 10 aromatic carbocycles. The van der Waals surface area contributed by atoms with Gasteiger partial charge in [-0.2, -0.15) is 0 Å². The van der Waals surface area contributed by atoms with Crippen molar-refractivity contribution in [3.05, 3.63) is 237 Å². The van der Waals surface area contributed by atoms with Crippen molar-refractivity contribution in [2.24, 2.45) is 0 Å². The van der Waals surface area contributed by atoms with Crippen LogP contribution in [0.3, 0.4) is 0 Å². The van der Waals surface area contributed by atoms with Crippen LogP contribution in [0.5, 0.6) is 0 Å². The van der Waals surface area contributed by atoms with Gasteiger partial charge < -0.3 is 0 Å². The molecule has 11 aromatic rings. The van der Waals surface area contributed by atoms with Gasteiger partial charge in [0.1, 0.15) is 0 Å². The molecule has 11 rings (SSSR count).